The Hall–Kier alpha value is -1.89. The highest BCUT2D eigenvalue weighted by Gasteiger charge is 2.14. The Morgan fingerprint density at radius 2 is 2.00 bits per heavy atom. The molecule has 2 N–H and O–H groups in total. The van der Waals surface area contributed by atoms with Crippen LogP contribution in [-0.4, -0.2) is 48.8 Å². The lowest BCUT2D eigenvalue weighted by molar-refractivity contribution is -0.135. The minimum atomic E-state index is -0.149. The summed E-state index contributed by atoms with van der Waals surface area (Å²) in [6.07, 6.45) is 0.875. The zero-order chi connectivity index (χ0) is 16.4. The quantitative estimate of drug-likeness (QED) is 0.671. The maximum atomic E-state index is 12.0. The summed E-state index contributed by atoms with van der Waals surface area (Å²) in [5.41, 5.74) is 0. The molecule has 0 saturated heterocycles. The molecule has 0 aromatic carbocycles. The molecule has 0 fully saturated rings. The largest absolute Gasteiger partial charge is 0.355 e. The van der Waals surface area contributed by atoms with Crippen molar-refractivity contribution in [2.24, 2.45) is 0 Å². The van der Waals surface area contributed by atoms with Crippen molar-refractivity contribution >= 4 is 29.1 Å². The lowest BCUT2D eigenvalue weighted by Crippen LogP contribution is -2.40. The maximum Gasteiger partial charge on any atom is 0.261 e. The van der Waals surface area contributed by atoms with Gasteiger partial charge in [-0.05, 0) is 31.7 Å². The van der Waals surface area contributed by atoms with Crippen LogP contribution in [0.2, 0.25) is 0 Å². The molecule has 1 heterocycles. The molecule has 0 aliphatic carbocycles. The van der Waals surface area contributed by atoms with Crippen LogP contribution in [0.5, 0.6) is 0 Å². The van der Waals surface area contributed by atoms with E-state index in [4.69, 9.17) is 0 Å². The molecule has 3 amide bonds. The van der Waals surface area contributed by atoms with Gasteiger partial charge in [0.15, 0.2) is 0 Å². The van der Waals surface area contributed by atoms with E-state index in [0.29, 0.717) is 37.4 Å². The second kappa shape index (κ2) is 9.94. The molecule has 0 spiro atoms. The molecular formula is C15H23N3O3S. The van der Waals surface area contributed by atoms with E-state index in [1.54, 1.807) is 6.07 Å². The number of hydrogen-bond donors (Lipinski definition) is 2. The third kappa shape index (κ3) is 6.26. The van der Waals surface area contributed by atoms with Crippen LogP contribution in [0.25, 0.3) is 0 Å². The van der Waals surface area contributed by atoms with Crippen molar-refractivity contribution in [3.63, 3.8) is 0 Å². The highest BCUT2D eigenvalue weighted by Crippen LogP contribution is 2.07. The van der Waals surface area contributed by atoms with E-state index in [2.05, 4.69) is 10.6 Å². The predicted molar refractivity (Wildman–Crippen MR) is 86.8 cm³/mol. The van der Waals surface area contributed by atoms with E-state index in [0.717, 1.165) is 0 Å². The monoisotopic (exact) mass is 325 g/mol. The third-order valence-corrected chi connectivity index (χ3v) is 3.91. The number of nitrogens with zero attached hydrogens (tertiary/aromatic N) is 1. The summed E-state index contributed by atoms with van der Waals surface area (Å²) in [5, 5.41) is 7.30. The Morgan fingerprint density at radius 1 is 1.23 bits per heavy atom. The molecule has 0 saturated carbocycles. The Labute approximate surface area is 134 Å². The van der Waals surface area contributed by atoms with E-state index in [9.17, 15) is 14.4 Å². The Balaban J connectivity index is 2.26. The Bertz CT molecular complexity index is 488. The summed E-state index contributed by atoms with van der Waals surface area (Å²) in [7, 11) is 0. The molecule has 7 heteroatoms. The van der Waals surface area contributed by atoms with Gasteiger partial charge >= 0.3 is 0 Å². The molecule has 6 nitrogen and oxygen atoms in total. The summed E-state index contributed by atoms with van der Waals surface area (Å²) in [5.74, 6) is -0.333. The highest BCUT2D eigenvalue weighted by molar-refractivity contribution is 7.12. The molecule has 0 unspecified atom stereocenters. The summed E-state index contributed by atoms with van der Waals surface area (Å²) >= 11 is 1.38. The van der Waals surface area contributed by atoms with Crippen LogP contribution in [0, 0.1) is 0 Å². The van der Waals surface area contributed by atoms with Gasteiger partial charge in [-0.1, -0.05) is 6.07 Å². The average molecular weight is 325 g/mol. The van der Waals surface area contributed by atoms with Crippen molar-refractivity contribution in [1.29, 1.82) is 0 Å². The lowest BCUT2D eigenvalue weighted by Gasteiger charge is -2.20. The number of likely N-dealkylation sites (N-methyl/N-ethyl adjacent to an activating group) is 2. The highest BCUT2D eigenvalue weighted by atomic mass is 32.1. The van der Waals surface area contributed by atoms with E-state index >= 15 is 0 Å². The molecule has 1 aromatic heterocycles. The minimum absolute atomic E-state index is 0.0703. The molecule has 22 heavy (non-hydrogen) atoms. The van der Waals surface area contributed by atoms with Gasteiger partial charge < -0.3 is 15.5 Å². The van der Waals surface area contributed by atoms with Crippen LogP contribution in [0.3, 0.4) is 0 Å². The molecule has 0 radical (unpaired) electrons. The van der Waals surface area contributed by atoms with Gasteiger partial charge in [0, 0.05) is 26.1 Å². The van der Waals surface area contributed by atoms with Gasteiger partial charge in [-0.3, -0.25) is 14.4 Å². The number of amides is 3. The SMILES string of the molecule is CCNC(=O)CN(CC)C(=O)CCCNC(=O)c1cccs1. The fraction of sp³-hybridized carbons (Fsp3) is 0.533. The molecule has 0 bridgehead atoms. The van der Waals surface area contributed by atoms with Crippen molar-refractivity contribution in [1.82, 2.24) is 15.5 Å². The number of carbonyl (C=O) groups excluding carboxylic acids is 3. The Morgan fingerprint density at radius 3 is 2.59 bits per heavy atom. The van der Waals surface area contributed by atoms with Gasteiger partial charge in [0.05, 0.1) is 11.4 Å². The van der Waals surface area contributed by atoms with E-state index in [1.165, 1.54) is 16.2 Å². The first-order valence-corrected chi connectivity index (χ1v) is 8.32. The van der Waals surface area contributed by atoms with Crippen LogP contribution < -0.4 is 10.6 Å². The second-order valence-electron chi connectivity index (χ2n) is 4.70. The van der Waals surface area contributed by atoms with Gasteiger partial charge in [-0.25, -0.2) is 0 Å². The number of nitrogens with one attached hydrogen (secondary N) is 2. The van der Waals surface area contributed by atoms with Crippen LogP contribution in [0.4, 0.5) is 0 Å². The fourth-order valence-corrected chi connectivity index (χ4v) is 2.54. The zero-order valence-electron chi connectivity index (χ0n) is 13.1. The van der Waals surface area contributed by atoms with Gasteiger partial charge in [-0.2, -0.15) is 0 Å². The summed E-state index contributed by atoms with van der Waals surface area (Å²) in [6, 6.07) is 3.58. The third-order valence-electron chi connectivity index (χ3n) is 3.04. The first-order valence-electron chi connectivity index (χ1n) is 7.44. The minimum Gasteiger partial charge on any atom is -0.355 e. The maximum absolute atomic E-state index is 12.0. The van der Waals surface area contributed by atoms with Gasteiger partial charge in [-0.15, -0.1) is 11.3 Å². The van der Waals surface area contributed by atoms with Crippen LogP contribution >= 0.6 is 11.3 Å². The van der Waals surface area contributed by atoms with Crippen molar-refractivity contribution in [3.8, 4) is 0 Å². The van der Waals surface area contributed by atoms with E-state index < -0.39 is 0 Å². The number of carbonyl (C=O) groups is 3. The van der Waals surface area contributed by atoms with E-state index in [-0.39, 0.29) is 24.3 Å². The molecule has 1 rings (SSSR count). The first-order chi connectivity index (χ1) is 10.6. The molecule has 1 aromatic rings. The van der Waals surface area contributed by atoms with Crippen molar-refractivity contribution < 1.29 is 14.4 Å². The van der Waals surface area contributed by atoms with Crippen molar-refractivity contribution in [2.45, 2.75) is 26.7 Å². The molecule has 122 valence electrons. The average Bonchev–Trinajstić information content (AvgIpc) is 3.03. The van der Waals surface area contributed by atoms with Crippen molar-refractivity contribution in [3.05, 3.63) is 22.4 Å². The predicted octanol–water partition coefficient (Wildman–Crippen LogP) is 1.24. The second-order valence-corrected chi connectivity index (χ2v) is 5.65. The topological polar surface area (TPSA) is 78.5 Å². The van der Waals surface area contributed by atoms with Gasteiger partial charge in [0.25, 0.3) is 5.91 Å². The lowest BCUT2D eigenvalue weighted by atomic mass is 10.2. The summed E-state index contributed by atoms with van der Waals surface area (Å²) < 4.78 is 0. The number of thiophene rings is 1. The van der Waals surface area contributed by atoms with Crippen LogP contribution in [-0.2, 0) is 9.59 Å². The van der Waals surface area contributed by atoms with E-state index in [1.807, 2.05) is 25.3 Å². The van der Waals surface area contributed by atoms with Crippen LogP contribution in [0.15, 0.2) is 17.5 Å². The molecular weight excluding hydrogens is 302 g/mol. The molecule has 0 aliphatic rings. The summed E-state index contributed by atoms with van der Waals surface area (Å²) in [4.78, 5) is 37.4. The van der Waals surface area contributed by atoms with Gasteiger partial charge in [0.1, 0.15) is 0 Å². The molecule has 0 aliphatic heterocycles. The fourth-order valence-electron chi connectivity index (χ4n) is 1.90. The number of rotatable bonds is 9. The standard InChI is InChI=1S/C15H23N3O3S/c1-3-16-13(19)11-18(4-2)14(20)8-5-9-17-15(21)12-7-6-10-22-12/h6-7,10H,3-5,8-9,11H2,1-2H3,(H,16,19)(H,17,21). The van der Waals surface area contributed by atoms with Gasteiger partial charge in [0.2, 0.25) is 11.8 Å². The van der Waals surface area contributed by atoms with Crippen molar-refractivity contribution in [2.75, 3.05) is 26.2 Å². The number of hydrogen-bond acceptors (Lipinski definition) is 4. The Kier molecular flexibility index (Phi) is 8.21. The molecule has 0 atom stereocenters. The first kappa shape index (κ1) is 18.2. The normalized spacial score (nSPS) is 10.1. The van der Waals surface area contributed by atoms with Crippen LogP contribution in [0.1, 0.15) is 36.4 Å². The zero-order valence-corrected chi connectivity index (χ0v) is 13.9. The summed E-state index contributed by atoms with van der Waals surface area (Å²) in [6.45, 7) is 5.27. The smallest absolute Gasteiger partial charge is 0.261 e.